The molecule has 1 aliphatic rings. The molecular weight excluding hydrogens is 426 g/mol. The summed E-state index contributed by atoms with van der Waals surface area (Å²) in [4.78, 5) is 24.5. The van der Waals surface area contributed by atoms with Gasteiger partial charge >= 0.3 is 0 Å². The Labute approximate surface area is 200 Å². The summed E-state index contributed by atoms with van der Waals surface area (Å²) in [5.74, 6) is 1.05. The predicted molar refractivity (Wildman–Crippen MR) is 133 cm³/mol. The van der Waals surface area contributed by atoms with E-state index >= 15 is 0 Å². The number of piperidine rings is 1. The number of allylic oxidation sites excluding steroid dienone is 1. The number of amides is 1. The van der Waals surface area contributed by atoms with Crippen LogP contribution in [-0.4, -0.2) is 44.6 Å². The zero-order valence-corrected chi connectivity index (χ0v) is 20.2. The van der Waals surface area contributed by atoms with E-state index in [1.54, 1.807) is 16.9 Å². The van der Waals surface area contributed by atoms with E-state index in [4.69, 9.17) is 9.97 Å². The number of fused-ring (bicyclic) bond motifs is 1. The maximum Gasteiger partial charge on any atom is 0.226 e. The Bertz CT molecular complexity index is 1240. The van der Waals surface area contributed by atoms with Gasteiger partial charge in [0.15, 0.2) is 0 Å². The minimum absolute atomic E-state index is 0.145. The summed E-state index contributed by atoms with van der Waals surface area (Å²) in [7, 11) is 0. The maximum absolute atomic E-state index is 12.8. The van der Waals surface area contributed by atoms with Crippen LogP contribution in [0.1, 0.15) is 58.2 Å². The summed E-state index contributed by atoms with van der Waals surface area (Å²) < 4.78 is 1.70. The van der Waals surface area contributed by atoms with E-state index in [0.29, 0.717) is 16.8 Å². The highest BCUT2D eigenvalue weighted by molar-refractivity contribution is 5.83. The van der Waals surface area contributed by atoms with Gasteiger partial charge in [-0.05, 0) is 58.2 Å². The van der Waals surface area contributed by atoms with Crippen LogP contribution in [0.3, 0.4) is 0 Å². The van der Waals surface area contributed by atoms with Gasteiger partial charge in [-0.2, -0.15) is 10.4 Å². The van der Waals surface area contributed by atoms with E-state index in [1.807, 2.05) is 51.3 Å². The van der Waals surface area contributed by atoms with E-state index in [1.165, 1.54) is 0 Å². The van der Waals surface area contributed by atoms with Crippen molar-refractivity contribution >= 4 is 23.3 Å². The van der Waals surface area contributed by atoms with Crippen LogP contribution in [0.25, 0.3) is 22.9 Å². The summed E-state index contributed by atoms with van der Waals surface area (Å²) in [6, 6.07) is 6.33. The number of hydrogen-bond donors (Lipinski definition) is 1. The molecule has 34 heavy (non-hydrogen) atoms. The second-order valence-electron chi connectivity index (χ2n) is 9.13. The number of carbonyl (C=O) groups excluding carboxylic acids is 1. The Morgan fingerprint density at radius 2 is 2.06 bits per heavy atom. The molecule has 4 heterocycles. The Morgan fingerprint density at radius 3 is 2.65 bits per heavy atom. The lowest BCUT2D eigenvalue weighted by Gasteiger charge is -2.41. The number of hydrogen-bond acceptors (Lipinski definition) is 6. The van der Waals surface area contributed by atoms with Gasteiger partial charge in [0.05, 0.1) is 29.2 Å². The minimum atomic E-state index is -0.306. The highest BCUT2D eigenvalue weighted by Gasteiger charge is 2.40. The molecule has 0 atom stereocenters. The van der Waals surface area contributed by atoms with Crippen molar-refractivity contribution in [1.29, 1.82) is 5.26 Å². The SMILES string of the molecule is C/C=C/c1cn2ncc(C#N)c2c(-c2ccc(N3CCC(CC)(C(=O)NC(C)C)CC3)nc2)n1. The van der Waals surface area contributed by atoms with Crippen molar-refractivity contribution in [2.24, 2.45) is 5.41 Å². The number of nitrogens with zero attached hydrogens (tertiary/aromatic N) is 6. The minimum Gasteiger partial charge on any atom is -0.357 e. The first-order chi connectivity index (χ1) is 16.4. The van der Waals surface area contributed by atoms with Crippen molar-refractivity contribution in [3.63, 3.8) is 0 Å². The lowest BCUT2D eigenvalue weighted by atomic mass is 9.75. The number of anilines is 1. The van der Waals surface area contributed by atoms with E-state index in [9.17, 15) is 10.1 Å². The quantitative estimate of drug-likeness (QED) is 0.595. The van der Waals surface area contributed by atoms with Gasteiger partial charge in [-0.1, -0.05) is 13.0 Å². The van der Waals surface area contributed by atoms with Gasteiger partial charge in [-0.3, -0.25) is 4.79 Å². The second kappa shape index (κ2) is 9.64. The smallest absolute Gasteiger partial charge is 0.226 e. The fourth-order valence-corrected chi connectivity index (χ4v) is 4.60. The molecule has 0 unspecified atom stereocenters. The van der Waals surface area contributed by atoms with Gasteiger partial charge in [-0.25, -0.2) is 14.5 Å². The molecule has 176 valence electrons. The molecule has 8 nitrogen and oxygen atoms in total. The lowest BCUT2D eigenvalue weighted by molar-refractivity contribution is -0.133. The summed E-state index contributed by atoms with van der Waals surface area (Å²) in [5.41, 5.74) is 3.11. The fraction of sp³-hybridized carbons (Fsp3) is 0.423. The van der Waals surface area contributed by atoms with Crippen molar-refractivity contribution < 1.29 is 4.79 Å². The van der Waals surface area contributed by atoms with E-state index in [-0.39, 0.29) is 17.4 Å². The highest BCUT2D eigenvalue weighted by atomic mass is 16.2. The third kappa shape index (κ3) is 4.38. The van der Waals surface area contributed by atoms with Crippen LogP contribution < -0.4 is 10.2 Å². The van der Waals surface area contributed by atoms with Gasteiger partial charge in [0.1, 0.15) is 23.0 Å². The predicted octanol–water partition coefficient (Wildman–Crippen LogP) is 4.22. The van der Waals surface area contributed by atoms with Gasteiger partial charge in [0.25, 0.3) is 0 Å². The Morgan fingerprint density at radius 1 is 1.29 bits per heavy atom. The normalized spacial score (nSPS) is 15.7. The summed E-state index contributed by atoms with van der Waals surface area (Å²) in [5, 5.41) is 17.0. The van der Waals surface area contributed by atoms with Crippen LogP contribution in [0.2, 0.25) is 0 Å². The fourth-order valence-electron chi connectivity index (χ4n) is 4.60. The van der Waals surface area contributed by atoms with Crippen LogP contribution >= 0.6 is 0 Å². The van der Waals surface area contributed by atoms with Gasteiger partial charge in [-0.15, -0.1) is 0 Å². The summed E-state index contributed by atoms with van der Waals surface area (Å²) >= 11 is 0. The van der Waals surface area contributed by atoms with Crippen molar-refractivity contribution in [3.05, 3.63) is 48.1 Å². The maximum atomic E-state index is 12.8. The van der Waals surface area contributed by atoms with Crippen LogP contribution in [0.4, 0.5) is 5.82 Å². The largest absolute Gasteiger partial charge is 0.357 e. The Balaban J connectivity index is 1.58. The molecule has 0 aliphatic carbocycles. The highest BCUT2D eigenvalue weighted by Crippen LogP contribution is 2.37. The number of nitrogens with one attached hydrogen (secondary N) is 1. The topological polar surface area (TPSA) is 99.2 Å². The van der Waals surface area contributed by atoms with Crippen molar-refractivity contribution in [2.75, 3.05) is 18.0 Å². The summed E-state index contributed by atoms with van der Waals surface area (Å²) in [6.45, 7) is 9.61. The van der Waals surface area contributed by atoms with Crippen LogP contribution in [0, 0.1) is 16.7 Å². The first-order valence-corrected chi connectivity index (χ1v) is 11.8. The lowest BCUT2D eigenvalue weighted by Crippen LogP contribution is -2.50. The Kier molecular flexibility index (Phi) is 6.64. The van der Waals surface area contributed by atoms with Crippen molar-refractivity contribution in [2.45, 2.75) is 53.0 Å². The third-order valence-electron chi connectivity index (χ3n) is 6.62. The number of aromatic nitrogens is 4. The van der Waals surface area contributed by atoms with E-state index < -0.39 is 0 Å². The van der Waals surface area contributed by atoms with Crippen LogP contribution in [-0.2, 0) is 4.79 Å². The molecule has 1 amide bonds. The molecule has 1 N–H and O–H groups in total. The average Bonchev–Trinajstić information content (AvgIpc) is 3.26. The molecule has 0 spiro atoms. The molecule has 0 radical (unpaired) electrons. The molecule has 3 aromatic heterocycles. The second-order valence-corrected chi connectivity index (χ2v) is 9.13. The molecular formula is C26H31N7O. The summed E-state index contributed by atoms with van der Waals surface area (Å²) in [6.07, 6.45) is 11.4. The first-order valence-electron chi connectivity index (χ1n) is 11.8. The molecule has 1 saturated heterocycles. The van der Waals surface area contributed by atoms with E-state index in [2.05, 4.69) is 28.3 Å². The molecule has 0 aromatic carbocycles. The molecule has 1 aliphatic heterocycles. The zero-order chi connectivity index (χ0) is 24.3. The molecule has 8 heteroatoms. The van der Waals surface area contributed by atoms with Crippen molar-refractivity contribution in [3.8, 4) is 17.3 Å². The van der Waals surface area contributed by atoms with E-state index in [0.717, 1.165) is 49.4 Å². The van der Waals surface area contributed by atoms with Crippen LogP contribution in [0.5, 0.6) is 0 Å². The molecule has 3 aromatic rings. The molecule has 1 fully saturated rings. The number of carbonyl (C=O) groups is 1. The standard InChI is InChI=1S/C26H31N7O/c1-5-7-21-17-33-24(20(14-27)16-29-33)23(31-21)19-8-9-22(28-15-19)32-12-10-26(6-2,11-13-32)25(34)30-18(3)4/h5,7-9,15-18H,6,10-13H2,1-4H3,(H,30,34)/b7-5+. The third-order valence-corrected chi connectivity index (χ3v) is 6.62. The average molecular weight is 458 g/mol. The van der Waals surface area contributed by atoms with Crippen molar-refractivity contribution in [1.82, 2.24) is 24.9 Å². The first kappa shape index (κ1) is 23.4. The number of pyridine rings is 1. The monoisotopic (exact) mass is 457 g/mol. The Hall–Kier alpha value is -3.73. The van der Waals surface area contributed by atoms with Gasteiger partial charge in [0.2, 0.25) is 5.91 Å². The zero-order valence-electron chi connectivity index (χ0n) is 20.2. The molecule has 0 saturated carbocycles. The number of nitriles is 1. The molecule has 0 bridgehead atoms. The van der Waals surface area contributed by atoms with Gasteiger partial charge < -0.3 is 10.2 Å². The van der Waals surface area contributed by atoms with Gasteiger partial charge in [0, 0.05) is 30.9 Å². The molecule has 4 rings (SSSR count). The van der Waals surface area contributed by atoms with Crippen LogP contribution in [0.15, 0.2) is 36.8 Å². The number of rotatable bonds is 6.